The SMILES string of the molecule is C=C(C)CCCCC1CCC(CCCCCCC(CC(=C)CCCCCC2CC(=C)C(CC)CC(=C)C(CC(C)C)CC(=C)CCC(=C)C(CCCCC(=C)C)CC2=C)CC(=C)C(CCCCCCCC2CC/C=C/CCC2)CC(=C)CC2CCC(C3C4CCC(C(C)C)CC4CC4CC(C(C)C)CCC43)CC2)CC(=C)C(CC2CCCCC2)CC(=C)C(CC(=C)C)CC(=C)CCC1=C. The molecule has 758 valence electrons. The predicted molar refractivity (Wildman–Crippen MR) is 601 cm³/mol. The van der Waals surface area contributed by atoms with Crippen molar-refractivity contribution < 1.29 is 0 Å². The summed E-state index contributed by atoms with van der Waals surface area (Å²) in [4.78, 5) is 0. The van der Waals surface area contributed by atoms with Crippen molar-refractivity contribution in [1.29, 1.82) is 0 Å². The van der Waals surface area contributed by atoms with Crippen LogP contribution in [0.4, 0.5) is 0 Å². The maximum absolute atomic E-state index is 5.34. The number of allylic oxidation sites excluding steroid dienone is 17. The van der Waals surface area contributed by atoms with Crippen LogP contribution >= 0.6 is 0 Å². The lowest BCUT2D eigenvalue weighted by Gasteiger charge is -2.57. The van der Waals surface area contributed by atoms with E-state index in [2.05, 4.69) is 101 Å². The summed E-state index contributed by atoms with van der Waals surface area (Å²) in [6.45, 7) is 97.3. The molecule has 0 aromatic carbocycles. The Morgan fingerprint density at radius 3 is 1.43 bits per heavy atom. The van der Waals surface area contributed by atoms with E-state index in [1.807, 2.05) is 0 Å². The molecule has 8 aliphatic carbocycles. The Morgan fingerprint density at radius 2 is 0.821 bits per heavy atom. The van der Waals surface area contributed by atoms with Gasteiger partial charge in [0.25, 0.3) is 0 Å². The van der Waals surface area contributed by atoms with Gasteiger partial charge in [0, 0.05) is 0 Å². The van der Waals surface area contributed by atoms with Crippen LogP contribution in [0.3, 0.4) is 0 Å². The van der Waals surface area contributed by atoms with Gasteiger partial charge in [-0.15, -0.1) is 19.7 Å². The molecule has 0 saturated heterocycles. The zero-order valence-corrected chi connectivity index (χ0v) is 91.2. The summed E-state index contributed by atoms with van der Waals surface area (Å²) in [6, 6.07) is 0. The molecule has 134 heavy (non-hydrogen) atoms. The fourth-order valence-corrected chi connectivity index (χ4v) is 29.1. The van der Waals surface area contributed by atoms with Crippen molar-refractivity contribution in [2.24, 2.45) is 142 Å². The molecule has 8 rings (SSSR count). The second kappa shape index (κ2) is 63.0. The van der Waals surface area contributed by atoms with Crippen LogP contribution in [0, 0.1) is 142 Å². The average molecular weight is 1830 g/mol. The summed E-state index contributed by atoms with van der Waals surface area (Å²) in [7, 11) is 0. The summed E-state index contributed by atoms with van der Waals surface area (Å²) in [6.07, 6.45) is 91.7. The smallest absolute Gasteiger partial charge is 0.0132 e. The first-order valence-electron chi connectivity index (χ1n) is 58.9. The van der Waals surface area contributed by atoms with E-state index in [9.17, 15) is 0 Å². The van der Waals surface area contributed by atoms with Crippen LogP contribution in [0.2, 0.25) is 0 Å². The maximum Gasteiger partial charge on any atom is -0.0132 e. The molecule has 0 nitrogen and oxygen atoms in total. The standard InChI is InChI=1S/C134H222/c1-26-119-88-112(24)127(79-98(6)7)83-104(16)66-68-107(19)125(64-50-48-52-97(4)5)90-111(23)126(89-110(119)22)63-46-35-37-53-102(14)81-118(60-42-34-33-41-59-116-69-72-120(61-49-47-51-96(2)3)106(18)67-65-103(15)84-128(80-99(8)9)113(25)91-129(109(21)86-116)92-115-57-43-36-44-58-115)87-108(20)124(62-45-32-28-31-40-56-114-54-38-29-27-30-39-55-114)85-105(17)82-117-70-73-121(74-71-117)134-132-77-75-122(100(10)11)93-130(132)95-131-94-123(101(12)13)76-78-133(131)134/h27,29,98,100-101,114-134H,2,4,8,14-26,28,30-95H2,1,3,5-7,9-13H3/b29-27+. The normalized spacial score (nSPS) is 29.6. The first-order valence-corrected chi connectivity index (χ1v) is 58.9. The lowest BCUT2D eigenvalue weighted by molar-refractivity contribution is -0.0747. The van der Waals surface area contributed by atoms with E-state index in [-0.39, 0.29) is 0 Å². The molecule has 0 heteroatoms. The lowest BCUT2D eigenvalue weighted by Crippen LogP contribution is -2.49. The molecular weight excluding hydrogens is 1610 g/mol. The summed E-state index contributed by atoms with van der Waals surface area (Å²) in [5.74, 6) is 17.7. The number of rotatable bonds is 50. The second-order valence-electron chi connectivity index (χ2n) is 50.6. The third kappa shape index (κ3) is 42.6. The molecule has 0 bridgehead atoms. The second-order valence-corrected chi connectivity index (χ2v) is 50.6. The van der Waals surface area contributed by atoms with Gasteiger partial charge in [0.05, 0.1) is 0 Å². The number of unbranched alkanes of at least 4 members (excludes halogenated alkanes) is 11. The van der Waals surface area contributed by atoms with Gasteiger partial charge in [0.1, 0.15) is 0 Å². The minimum absolute atomic E-state index is 0.397. The summed E-state index contributed by atoms with van der Waals surface area (Å²) >= 11 is 0. The largest absolute Gasteiger partial charge is 0.100 e. The molecule has 17 unspecified atom stereocenters. The quantitative estimate of drug-likeness (QED) is 0.0421. The number of fused-ring (bicyclic) bond motifs is 2. The van der Waals surface area contributed by atoms with Crippen molar-refractivity contribution in [1.82, 2.24) is 0 Å². The van der Waals surface area contributed by atoms with Crippen LogP contribution in [0.25, 0.3) is 0 Å². The van der Waals surface area contributed by atoms with Gasteiger partial charge in [-0.1, -0.05) is 358 Å². The van der Waals surface area contributed by atoms with Crippen molar-refractivity contribution >= 4 is 0 Å². The summed E-state index contributed by atoms with van der Waals surface area (Å²) < 4.78 is 0. The van der Waals surface area contributed by atoms with Gasteiger partial charge in [-0.05, 0) is 465 Å². The fraction of sp³-hybridized carbons (Fsp3) is 0.761. The van der Waals surface area contributed by atoms with Gasteiger partial charge in [-0.3, -0.25) is 0 Å². The van der Waals surface area contributed by atoms with Crippen LogP contribution in [0.15, 0.2) is 194 Å². The van der Waals surface area contributed by atoms with Crippen LogP contribution < -0.4 is 0 Å². The third-order valence-electron chi connectivity index (χ3n) is 37.7. The van der Waals surface area contributed by atoms with Crippen molar-refractivity contribution in [3.05, 3.63) is 194 Å². The van der Waals surface area contributed by atoms with E-state index >= 15 is 0 Å². The Hall–Kier alpha value is -4.16. The molecule has 7 saturated carbocycles. The van der Waals surface area contributed by atoms with E-state index in [4.69, 9.17) is 78.9 Å². The van der Waals surface area contributed by atoms with Crippen molar-refractivity contribution in [2.45, 2.75) is 506 Å². The lowest BCUT2D eigenvalue weighted by atomic mass is 9.48. The Bertz CT molecular complexity index is 3590. The highest BCUT2D eigenvalue weighted by Gasteiger charge is 2.52. The predicted octanol–water partition coefficient (Wildman–Crippen LogP) is 43.5. The minimum Gasteiger partial charge on any atom is -0.100 e. The molecular formula is C134H222. The molecule has 0 N–H and O–H groups in total. The minimum atomic E-state index is 0.397. The highest BCUT2D eigenvalue weighted by molar-refractivity contribution is 5.22. The highest BCUT2D eigenvalue weighted by atomic mass is 14.6. The molecule has 8 aliphatic rings. The number of hydrogen-bond acceptors (Lipinski definition) is 0. The van der Waals surface area contributed by atoms with Gasteiger partial charge in [-0.25, -0.2) is 0 Å². The first kappa shape index (κ1) is 115. The molecule has 7 fully saturated rings. The van der Waals surface area contributed by atoms with Crippen molar-refractivity contribution in [3.8, 4) is 0 Å². The van der Waals surface area contributed by atoms with Crippen LogP contribution in [-0.2, 0) is 0 Å². The summed E-state index contributed by atoms with van der Waals surface area (Å²) in [5.41, 5.74) is 21.4. The van der Waals surface area contributed by atoms with Gasteiger partial charge < -0.3 is 0 Å². The molecule has 0 radical (unpaired) electrons. The van der Waals surface area contributed by atoms with E-state index in [0.717, 1.165) is 193 Å². The molecule has 0 heterocycles. The molecule has 0 aromatic heterocycles. The van der Waals surface area contributed by atoms with Gasteiger partial charge >= 0.3 is 0 Å². The molecule has 0 amide bonds. The van der Waals surface area contributed by atoms with Crippen molar-refractivity contribution in [2.75, 3.05) is 0 Å². The van der Waals surface area contributed by atoms with E-state index in [1.54, 1.807) is 17.6 Å². The topological polar surface area (TPSA) is 0 Å². The van der Waals surface area contributed by atoms with Crippen LogP contribution in [0.1, 0.15) is 506 Å². The van der Waals surface area contributed by atoms with Crippen LogP contribution in [0.5, 0.6) is 0 Å². The monoisotopic (exact) mass is 1830 g/mol. The third-order valence-corrected chi connectivity index (χ3v) is 37.7. The first-order chi connectivity index (χ1) is 64.3. The molecule has 0 aromatic rings. The van der Waals surface area contributed by atoms with Gasteiger partial charge in [0.15, 0.2) is 0 Å². The zero-order valence-electron chi connectivity index (χ0n) is 91.2. The van der Waals surface area contributed by atoms with Gasteiger partial charge in [-0.2, -0.15) is 0 Å². The molecule has 17 atom stereocenters. The fourth-order valence-electron chi connectivity index (χ4n) is 29.1. The zero-order chi connectivity index (χ0) is 97.0. The maximum atomic E-state index is 5.34. The highest BCUT2D eigenvalue weighted by Crippen LogP contribution is 2.61. The Balaban J connectivity index is 1.00. The molecule has 0 aliphatic heterocycles. The molecule has 0 spiro atoms. The van der Waals surface area contributed by atoms with Crippen LogP contribution in [-0.4, -0.2) is 0 Å². The average Bonchev–Trinajstić information content (AvgIpc) is 0.752. The Labute approximate surface area is 836 Å². The van der Waals surface area contributed by atoms with E-state index in [0.29, 0.717) is 65.1 Å². The van der Waals surface area contributed by atoms with Gasteiger partial charge in [0.2, 0.25) is 0 Å². The van der Waals surface area contributed by atoms with E-state index < -0.39 is 0 Å². The van der Waals surface area contributed by atoms with E-state index in [1.165, 1.54) is 387 Å². The Kier molecular flexibility index (Phi) is 54.1. The Morgan fingerprint density at radius 1 is 0.336 bits per heavy atom. The summed E-state index contributed by atoms with van der Waals surface area (Å²) in [5, 5.41) is 0. The number of hydrogen-bond donors (Lipinski definition) is 0. The van der Waals surface area contributed by atoms with Crippen molar-refractivity contribution in [3.63, 3.8) is 0 Å².